The van der Waals surface area contributed by atoms with Gasteiger partial charge in [-0.15, -0.1) is 11.8 Å². The van der Waals surface area contributed by atoms with Crippen molar-refractivity contribution in [2.75, 3.05) is 17.8 Å². The fourth-order valence-corrected chi connectivity index (χ4v) is 4.68. The smallest absolute Gasteiger partial charge is 0.270 e. The van der Waals surface area contributed by atoms with Gasteiger partial charge in [0.1, 0.15) is 5.75 Å². The van der Waals surface area contributed by atoms with Crippen molar-refractivity contribution < 1.29 is 9.53 Å². The Bertz CT molecular complexity index is 914. The lowest BCUT2D eigenvalue weighted by atomic mass is 10.2. The molecule has 0 radical (unpaired) electrons. The van der Waals surface area contributed by atoms with Gasteiger partial charge in [0.15, 0.2) is 4.32 Å². The van der Waals surface area contributed by atoms with E-state index >= 15 is 0 Å². The summed E-state index contributed by atoms with van der Waals surface area (Å²) >= 11 is 11.9. The Kier molecular flexibility index (Phi) is 7.03. The maximum absolute atomic E-state index is 13.0. The van der Waals surface area contributed by atoms with Gasteiger partial charge in [-0.1, -0.05) is 52.9 Å². The number of hydrogen-bond acceptors (Lipinski definition) is 5. The first-order chi connectivity index (χ1) is 13.0. The summed E-state index contributed by atoms with van der Waals surface area (Å²) in [5, 5.41) is 0. The minimum absolute atomic E-state index is 0.107. The third kappa shape index (κ3) is 4.77. The summed E-state index contributed by atoms with van der Waals surface area (Å²) in [6.45, 7) is 2.69. The number of benzene rings is 2. The monoisotopic (exact) mass is 479 g/mol. The zero-order valence-electron chi connectivity index (χ0n) is 14.9. The Morgan fingerprint density at radius 3 is 2.85 bits per heavy atom. The second-order valence-electron chi connectivity index (χ2n) is 5.75. The van der Waals surface area contributed by atoms with Crippen LogP contribution in [0.25, 0.3) is 6.08 Å². The first kappa shape index (κ1) is 20.5. The zero-order chi connectivity index (χ0) is 19.4. The molecule has 2 aromatic rings. The Hall–Kier alpha value is -1.28. The van der Waals surface area contributed by atoms with Crippen LogP contribution in [0, 0.1) is 0 Å². The molecule has 7 heteroatoms. The summed E-state index contributed by atoms with van der Waals surface area (Å²) in [5.41, 5.74) is 1.65. The van der Waals surface area contributed by atoms with E-state index in [1.54, 1.807) is 16.7 Å². The van der Waals surface area contributed by atoms with Gasteiger partial charge in [0.2, 0.25) is 0 Å². The van der Waals surface area contributed by atoms with Crippen molar-refractivity contribution >= 4 is 73.7 Å². The Labute approximate surface area is 181 Å². The molecule has 0 bridgehead atoms. The summed E-state index contributed by atoms with van der Waals surface area (Å²) < 4.78 is 7.29. The molecule has 2 aromatic carbocycles. The number of carbonyl (C=O) groups excluding carboxylic acids is 1. The molecule has 0 atom stereocenters. The van der Waals surface area contributed by atoms with Crippen molar-refractivity contribution in [3.63, 3.8) is 0 Å². The molecule has 1 heterocycles. The third-order valence-corrected chi connectivity index (χ3v) is 6.35. The number of nitrogens with zero attached hydrogens (tertiary/aromatic N) is 1. The van der Waals surface area contributed by atoms with Crippen molar-refractivity contribution in [3.05, 3.63) is 57.4 Å². The normalized spacial score (nSPS) is 15.7. The van der Waals surface area contributed by atoms with Gasteiger partial charge in [0.05, 0.1) is 17.2 Å². The molecule has 0 saturated carbocycles. The van der Waals surface area contributed by atoms with E-state index in [4.69, 9.17) is 17.0 Å². The lowest BCUT2D eigenvalue weighted by molar-refractivity contribution is -0.113. The molecular formula is C20H18BrNO2S3. The highest BCUT2D eigenvalue weighted by Gasteiger charge is 2.33. The summed E-state index contributed by atoms with van der Waals surface area (Å²) in [5.74, 6) is 0.652. The molecule has 1 amide bonds. The number of anilines is 1. The van der Waals surface area contributed by atoms with Crippen molar-refractivity contribution in [2.45, 2.75) is 18.2 Å². The van der Waals surface area contributed by atoms with E-state index in [1.165, 1.54) is 11.8 Å². The van der Waals surface area contributed by atoms with Crippen LogP contribution in [0.5, 0.6) is 5.75 Å². The molecule has 0 unspecified atom stereocenters. The average molecular weight is 480 g/mol. The molecule has 1 fully saturated rings. The fourth-order valence-electron chi connectivity index (χ4n) is 2.56. The number of rotatable bonds is 6. The van der Waals surface area contributed by atoms with Gasteiger partial charge in [-0.3, -0.25) is 9.69 Å². The number of ether oxygens (including phenoxy) is 1. The van der Waals surface area contributed by atoms with E-state index in [0.717, 1.165) is 32.8 Å². The van der Waals surface area contributed by atoms with Crippen LogP contribution in [0.3, 0.4) is 0 Å². The summed E-state index contributed by atoms with van der Waals surface area (Å²) in [6.07, 6.45) is 4.78. The van der Waals surface area contributed by atoms with Gasteiger partial charge in [-0.2, -0.15) is 0 Å². The third-order valence-electron chi connectivity index (χ3n) is 3.83. The minimum atomic E-state index is -0.107. The van der Waals surface area contributed by atoms with Gasteiger partial charge < -0.3 is 4.74 Å². The first-order valence-electron chi connectivity index (χ1n) is 8.38. The number of hydrogen-bond donors (Lipinski definition) is 0. The number of halogens is 1. The average Bonchev–Trinajstić information content (AvgIpc) is 2.94. The van der Waals surface area contributed by atoms with Crippen LogP contribution in [-0.4, -0.2) is 23.1 Å². The van der Waals surface area contributed by atoms with Crippen molar-refractivity contribution in [3.8, 4) is 5.75 Å². The van der Waals surface area contributed by atoms with Gasteiger partial charge in [-0.05, 0) is 55.2 Å². The lowest BCUT2D eigenvalue weighted by Gasteiger charge is -2.15. The lowest BCUT2D eigenvalue weighted by Crippen LogP contribution is -2.27. The second-order valence-corrected chi connectivity index (χ2v) is 9.22. The predicted octanol–water partition coefficient (Wildman–Crippen LogP) is 6.37. The van der Waals surface area contributed by atoms with Crippen LogP contribution in [-0.2, 0) is 4.79 Å². The first-order valence-corrected chi connectivity index (χ1v) is 11.6. The van der Waals surface area contributed by atoms with Gasteiger partial charge >= 0.3 is 0 Å². The highest BCUT2D eigenvalue weighted by Crippen LogP contribution is 2.38. The van der Waals surface area contributed by atoms with Crippen molar-refractivity contribution in [2.24, 2.45) is 0 Å². The summed E-state index contributed by atoms with van der Waals surface area (Å²) in [6, 6.07) is 13.6. The van der Waals surface area contributed by atoms with Crippen LogP contribution in [0.2, 0.25) is 0 Å². The standard InChI is InChI=1S/C20H18BrNO2S3/c1-3-9-24-17-8-7-14(21)10-13(17)11-18-19(23)22(20(25)27-18)15-5-4-6-16(12-15)26-2/h4-8,10-12H,3,9H2,1-2H3/b18-11+. The molecular weight excluding hydrogens is 462 g/mol. The number of amides is 1. The molecule has 3 rings (SSSR count). The topological polar surface area (TPSA) is 29.5 Å². The van der Waals surface area contributed by atoms with Gasteiger partial charge in [-0.25, -0.2) is 0 Å². The summed E-state index contributed by atoms with van der Waals surface area (Å²) in [4.78, 5) is 16.3. The van der Waals surface area contributed by atoms with Gasteiger partial charge in [0.25, 0.3) is 5.91 Å². The highest BCUT2D eigenvalue weighted by molar-refractivity contribution is 9.10. The quantitative estimate of drug-likeness (QED) is 0.273. The fraction of sp³-hybridized carbons (Fsp3) is 0.200. The van der Waals surface area contributed by atoms with E-state index in [1.807, 2.05) is 54.8 Å². The van der Waals surface area contributed by atoms with Crippen LogP contribution < -0.4 is 9.64 Å². The zero-order valence-corrected chi connectivity index (χ0v) is 18.9. The number of thiocarbonyl (C=S) groups is 1. The van der Waals surface area contributed by atoms with Gasteiger partial charge in [0, 0.05) is 14.9 Å². The maximum atomic E-state index is 13.0. The summed E-state index contributed by atoms with van der Waals surface area (Å²) in [7, 11) is 0. The molecule has 1 aliphatic rings. The molecule has 1 aliphatic heterocycles. The molecule has 1 saturated heterocycles. The van der Waals surface area contributed by atoms with Crippen molar-refractivity contribution in [1.29, 1.82) is 0 Å². The van der Waals surface area contributed by atoms with Crippen LogP contribution in [0.15, 0.2) is 56.7 Å². The maximum Gasteiger partial charge on any atom is 0.270 e. The van der Waals surface area contributed by atoms with E-state index in [9.17, 15) is 4.79 Å². The number of carbonyl (C=O) groups is 1. The van der Waals surface area contributed by atoms with Crippen LogP contribution >= 0.6 is 51.7 Å². The predicted molar refractivity (Wildman–Crippen MR) is 124 cm³/mol. The Morgan fingerprint density at radius 2 is 2.11 bits per heavy atom. The molecule has 0 aliphatic carbocycles. The van der Waals surface area contributed by atoms with Crippen LogP contribution in [0.1, 0.15) is 18.9 Å². The minimum Gasteiger partial charge on any atom is -0.493 e. The van der Waals surface area contributed by atoms with E-state index in [2.05, 4.69) is 22.9 Å². The molecule has 3 nitrogen and oxygen atoms in total. The molecule has 0 spiro atoms. The van der Waals surface area contributed by atoms with Crippen LogP contribution in [0.4, 0.5) is 5.69 Å². The SMILES string of the molecule is CCCOc1ccc(Br)cc1/C=C1/SC(=S)N(c2cccc(SC)c2)C1=O. The largest absolute Gasteiger partial charge is 0.493 e. The highest BCUT2D eigenvalue weighted by atomic mass is 79.9. The second kappa shape index (κ2) is 9.28. The molecule has 0 aromatic heterocycles. The van der Waals surface area contributed by atoms with E-state index in [0.29, 0.717) is 15.8 Å². The number of thioether (sulfide) groups is 2. The molecule has 140 valence electrons. The van der Waals surface area contributed by atoms with E-state index < -0.39 is 0 Å². The van der Waals surface area contributed by atoms with Crippen molar-refractivity contribution in [1.82, 2.24) is 0 Å². The molecule has 27 heavy (non-hydrogen) atoms. The Morgan fingerprint density at radius 1 is 1.30 bits per heavy atom. The molecule has 0 N–H and O–H groups in total. The Balaban J connectivity index is 1.94. The van der Waals surface area contributed by atoms with E-state index in [-0.39, 0.29) is 5.91 Å².